The van der Waals surface area contributed by atoms with Gasteiger partial charge in [0.15, 0.2) is 0 Å². The molecule has 0 unspecified atom stereocenters. The van der Waals surface area contributed by atoms with Crippen LogP contribution in [0.25, 0.3) is 0 Å². The Morgan fingerprint density at radius 1 is 1.71 bits per heavy atom. The largest absolute Gasteiger partial charge is 0.405 e. The van der Waals surface area contributed by atoms with Gasteiger partial charge in [0.1, 0.15) is 0 Å². The minimum absolute atomic E-state index is 2.74. The fraction of sp³-hybridized carbons (Fsp3) is 0. The van der Waals surface area contributed by atoms with Gasteiger partial charge in [-0.25, -0.2) is 15.6 Å². The molecule has 0 atom stereocenters. The molecule has 0 radical (unpaired) electrons. The number of rotatable bonds is 2. The molecule has 0 bridgehead atoms. The van der Waals surface area contributed by atoms with Gasteiger partial charge in [0.25, 0.3) is 0 Å². The monoisotopic (exact) mass is 123 g/mol. The van der Waals surface area contributed by atoms with E-state index in [1.165, 1.54) is 0 Å². The van der Waals surface area contributed by atoms with Crippen molar-refractivity contribution in [3.63, 3.8) is 0 Å². The van der Waals surface area contributed by atoms with E-state index < -0.39 is 7.67 Å². The van der Waals surface area contributed by atoms with Crippen LogP contribution in [-0.4, -0.2) is 6.72 Å². The standard InChI is InChI=1S/CH6N3O2P/c1-4-6-7(2,3)5/h1H2,(H4,2,3,5). The van der Waals surface area contributed by atoms with Gasteiger partial charge in [-0.2, -0.15) is 0 Å². The highest BCUT2D eigenvalue weighted by molar-refractivity contribution is 7.53. The Kier molecular flexibility index (Phi) is 1.95. The van der Waals surface area contributed by atoms with Crippen molar-refractivity contribution >= 4 is 14.4 Å². The van der Waals surface area contributed by atoms with Crippen LogP contribution in [0.1, 0.15) is 0 Å². The van der Waals surface area contributed by atoms with Crippen LogP contribution in [0.15, 0.2) is 5.16 Å². The van der Waals surface area contributed by atoms with Crippen LogP contribution in [-0.2, 0) is 9.19 Å². The van der Waals surface area contributed by atoms with Crippen molar-refractivity contribution in [1.82, 2.24) is 0 Å². The van der Waals surface area contributed by atoms with Gasteiger partial charge in [0, 0.05) is 6.72 Å². The minimum Gasteiger partial charge on any atom is -0.312 e. The van der Waals surface area contributed by atoms with E-state index in [1.807, 2.05) is 0 Å². The van der Waals surface area contributed by atoms with Gasteiger partial charge in [-0.3, -0.25) is 0 Å². The van der Waals surface area contributed by atoms with E-state index in [-0.39, 0.29) is 0 Å². The van der Waals surface area contributed by atoms with Crippen molar-refractivity contribution < 1.29 is 9.19 Å². The molecule has 0 rings (SSSR count). The van der Waals surface area contributed by atoms with Gasteiger partial charge in [-0.15, -0.1) is 0 Å². The van der Waals surface area contributed by atoms with Crippen LogP contribution >= 0.6 is 7.67 Å². The Bertz CT molecular complexity index is 106. The number of nitrogens with zero attached hydrogens (tertiary/aromatic N) is 1. The first-order valence-corrected chi connectivity index (χ1v) is 3.14. The molecule has 0 aliphatic heterocycles. The number of hydrogen-bond donors (Lipinski definition) is 2. The highest BCUT2D eigenvalue weighted by atomic mass is 31.2. The lowest BCUT2D eigenvalue weighted by Gasteiger charge is -1.98. The summed E-state index contributed by atoms with van der Waals surface area (Å²) in [5.74, 6) is 0. The summed E-state index contributed by atoms with van der Waals surface area (Å²) < 4.78 is 13.9. The van der Waals surface area contributed by atoms with Crippen LogP contribution in [0.4, 0.5) is 0 Å². The predicted octanol–water partition coefficient (Wildman–Crippen LogP) is -0.356. The Labute approximate surface area is 40.9 Å². The summed E-state index contributed by atoms with van der Waals surface area (Å²) in [4.78, 5) is 0. The van der Waals surface area contributed by atoms with Gasteiger partial charge < -0.3 is 4.62 Å². The van der Waals surface area contributed by atoms with Crippen molar-refractivity contribution in [2.45, 2.75) is 0 Å². The summed E-state index contributed by atoms with van der Waals surface area (Å²) >= 11 is 0. The number of hydrogen-bond acceptors (Lipinski definition) is 3. The third kappa shape index (κ3) is 5.62. The van der Waals surface area contributed by atoms with Crippen LogP contribution in [0.2, 0.25) is 0 Å². The van der Waals surface area contributed by atoms with E-state index in [4.69, 9.17) is 0 Å². The number of nitrogens with two attached hydrogens (primary N) is 2. The fourth-order valence-corrected chi connectivity index (χ4v) is 0.271. The molecule has 7 heavy (non-hydrogen) atoms. The van der Waals surface area contributed by atoms with Crippen molar-refractivity contribution in [2.24, 2.45) is 16.2 Å². The molecule has 0 fully saturated rings. The summed E-state index contributed by atoms with van der Waals surface area (Å²) in [5, 5.41) is 2.74. The Morgan fingerprint density at radius 3 is 2.14 bits per heavy atom. The van der Waals surface area contributed by atoms with Crippen molar-refractivity contribution in [2.75, 3.05) is 0 Å². The Balaban J connectivity index is 3.57. The molecule has 4 N–H and O–H groups in total. The van der Waals surface area contributed by atoms with E-state index in [0.29, 0.717) is 0 Å². The normalized spacial score (nSPS) is 10.6. The zero-order valence-corrected chi connectivity index (χ0v) is 4.47. The molecule has 0 spiro atoms. The molecule has 0 aromatic heterocycles. The van der Waals surface area contributed by atoms with Gasteiger partial charge in [0.05, 0.1) is 0 Å². The summed E-state index contributed by atoms with van der Waals surface area (Å²) in [6, 6.07) is 0. The molecule has 0 heterocycles. The average molecular weight is 123 g/mol. The smallest absolute Gasteiger partial charge is 0.312 e. The molecule has 5 nitrogen and oxygen atoms in total. The number of oxime groups is 1. The Morgan fingerprint density at radius 2 is 2.14 bits per heavy atom. The maximum atomic E-state index is 10.0. The van der Waals surface area contributed by atoms with Crippen LogP contribution in [0.5, 0.6) is 0 Å². The maximum absolute atomic E-state index is 10.0. The van der Waals surface area contributed by atoms with Crippen LogP contribution in [0, 0.1) is 0 Å². The molecular weight excluding hydrogens is 117 g/mol. The molecule has 0 aromatic rings. The second-order valence-corrected chi connectivity index (χ2v) is 2.31. The second kappa shape index (κ2) is 2.07. The fourth-order valence-electron chi connectivity index (χ4n) is 0.0902. The van der Waals surface area contributed by atoms with Crippen molar-refractivity contribution in [1.29, 1.82) is 0 Å². The summed E-state index contributed by atoms with van der Waals surface area (Å²) in [6.45, 7) is 2.84. The molecule has 0 amide bonds. The lowest BCUT2D eigenvalue weighted by Crippen LogP contribution is -2.04. The highest BCUT2D eigenvalue weighted by Crippen LogP contribution is 2.25. The average Bonchev–Trinajstić information content (AvgIpc) is 1.30. The predicted molar refractivity (Wildman–Crippen MR) is 26.6 cm³/mol. The second-order valence-electron chi connectivity index (χ2n) is 0.856. The topological polar surface area (TPSA) is 90.7 Å². The molecule has 42 valence electrons. The molecule has 0 saturated heterocycles. The first-order valence-electron chi connectivity index (χ1n) is 1.38. The van der Waals surface area contributed by atoms with Crippen molar-refractivity contribution in [3.05, 3.63) is 0 Å². The van der Waals surface area contributed by atoms with E-state index >= 15 is 0 Å². The molecule has 0 aromatic carbocycles. The zero-order valence-electron chi connectivity index (χ0n) is 3.57. The van der Waals surface area contributed by atoms with E-state index in [2.05, 4.69) is 27.5 Å². The van der Waals surface area contributed by atoms with E-state index in [0.717, 1.165) is 0 Å². The lowest BCUT2D eigenvalue weighted by molar-refractivity contribution is 0.338. The summed E-state index contributed by atoms with van der Waals surface area (Å²) in [6.07, 6.45) is 0. The first-order chi connectivity index (χ1) is 3.06. The molecule has 0 aliphatic rings. The molecule has 0 aliphatic carbocycles. The highest BCUT2D eigenvalue weighted by Gasteiger charge is 2.05. The van der Waals surface area contributed by atoms with E-state index in [9.17, 15) is 4.57 Å². The van der Waals surface area contributed by atoms with Gasteiger partial charge in [0.2, 0.25) is 0 Å². The van der Waals surface area contributed by atoms with Crippen molar-refractivity contribution in [3.8, 4) is 0 Å². The third-order valence-electron chi connectivity index (χ3n) is 0.185. The van der Waals surface area contributed by atoms with Gasteiger partial charge in [-0.1, -0.05) is 5.16 Å². The zero-order chi connectivity index (χ0) is 5.91. The molecular formula is CH6N3O2P. The minimum atomic E-state index is -3.39. The maximum Gasteiger partial charge on any atom is 0.405 e. The lowest BCUT2D eigenvalue weighted by atomic mass is 11.8. The molecule has 6 heteroatoms. The third-order valence-corrected chi connectivity index (χ3v) is 0.556. The summed E-state index contributed by atoms with van der Waals surface area (Å²) in [5.41, 5.74) is 9.25. The quantitative estimate of drug-likeness (QED) is 0.298. The van der Waals surface area contributed by atoms with Crippen LogP contribution < -0.4 is 11.0 Å². The van der Waals surface area contributed by atoms with Gasteiger partial charge >= 0.3 is 7.67 Å². The first kappa shape index (κ1) is 6.62. The van der Waals surface area contributed by atoms with Crippen LogP contribution in [0.3, 0.4) is 0 Å². The van der Waals surface area contributed by atoms with E-state index in [1.54, 1.807) is 0 Å². The summed E-state index contributed by atoms with van der Waals surface area (Å²) in [7, 11) is -3.39. The SMILES string of the molecule is C=NOP(N)(N)=O. The molecule has 0 saturated carbocycles. The Hall–Kier alpha value is -0.380. The van der Waals surface area contributed by atoms with Gasteiger partial charge in [-0.05, 0) is 0 Å².